The first-order valence-corrected chi connectivity index (χ1v) is 7.23. The summed E-state index contributed by atoms with van der Waals surface area (Å²) >= 11 is 0. The fourth-order valence-electron chi connectivity index (χ4n) is 2.49. The van der Waals surface area contributed by atoms with Gasteiger partial charge in [-0.3, -0.25) is 4.79 Å². The van der Waals surface area contributed by atoms with Crippen molar-refractivity contribution >= 4 is 5.91 Å². The van der Waals surface area contributed by atoms with Gasteiger partial charge in [0.1, 0.15) is 11.5 Å². The van der Waals surface area contributed by atoms with E-state index in [1.807, 2.05) is 26.1 Å². The Kier molecular flexibility index (Phi) is 5.20. The van der Waals surface area contributed by atoms with E-state index < -0.39 is 0 Å². The van der Waals surface area contributed by atoms with Crippen LogP contribution >= 0.6 is 0 Å². The van der Waals surface area contributed by atoms with Gasteiger partial charge in [0.25, 0.3) is 0 Å². The number of rotatable bonds is 6. The molecule has 2 unspecified atom stereocenters. The van der Waals surface area contributed by atoms with Gasteiger partial charge in [-0.05, 0) is 32.0 Å². The molecule has 1 aromatic rings. The molecule has 5 nitrogen and oxygen atoms in total. The van der Waals surface area contributed by atoms with Gasteiger partial charge in [0.2, 0.25) is 5.91 Å². The third kappa shape index (κ3) is 3.61. The third-order valence-electron chi connectivity index (χ3n) is 3.62. The maximum Gasteiger partial charge on any atom is 0.229 e. The van der Waals surface area contributed by atoms with Crippen molar-refractivity contribution in [2.24, 2.45) is 5.92 Å². The standard InChI is InChI=1S/C15H24N2O3/c1-4-7-16-14-10-19-9-13(14)15(18)17(3)8-12-6-5-11(2)20-12/h5-6,13-14,16H,4,7-10H2,1-3H3. The quantitative estimate of drug-likeness (QED) is 0.859. The molecule has 0 aliphatic carbocycles. The zero-order chi connectivity index (χ0) is 14.5. The van der Waals surface area contributed by atoms with Crippen LogP contribution in [0.15, 0.2) is 16.5 Å². The Morgan fingerprint density at radius 3 is 2.90 bits per heavy atom. The Balaban J connectivity index is 1.91. The lowest BCUT2D eigenvalue weighted by molar-refractivity contribution is -0.135. The highest BCUT2D eigenvalue weighted by atomic mass is 16.5. The molecule has 1 amide bonds. The van der Waals surface area contributed by atoms with Gasteiger partial charge in [-0.25, -0.2) is 0 Å². The Morgan fingerprint density at radius 1 is 1.45 bits per heavy atom. The molecule has 1 aromatic heterocycles. The van der Waals surface area contributed by atoms with Crippen molar-refractivity contribution in [3.63, 3.8) is 0 Å². The summed E-state index contributed by atoms with van der Waals surface area (Å²) in [5.74, 6) is 1.70. The SMILES string of the molecule is CCCNC1COCC1C(=O)N(C)Cc1ccc(C)o1. The van der Waals surface area contributed by atoms with Gasteiger partial charge in [-0.2, -0.15) is 0 Å². The number of carbonyl (C=O) groups excluding carboxylic acids is 1. The van der Waals surface area contributed by atoms with E-state index in [-0.39, 0.29) is 17.9 Å². The molecule has 0 radical (unpaired) electrons. The van der Waals surface area contributed by atoms with E-state index in [0.29, 0.717) is 19.8 Å². The Bertz CT molecular complexity index is 444. The first kappa shape index (κ1) is 15.1. The minimum atomic E-state index is -0.0948. The van der Waals surface area contributed by atoms with E-state index in [2.05, 4.69) is 12.2 Å². The van der Waals surface area contributed by atoms with Crippen LogP contribution in [0.4, 0.5) is 0 Å². The molecule has 20 heavy (non-hydrogen) atoms. The Morgan fingerprint density at radius 2 is 2.25 bits per heavy atom. The summed E-state index contributed by atoms with van der Waals surface area (Å²) in [7, 11) is 1.81. The number of ether oxygens (including phenoxy) is 1. The second-order valence-corrected chi connectivity index (χ2v) is 5.41. The number of carbonyl (C=O) groups is 1. The van der Waals surface area contributed by atoms with Crippen LogP contribution in [-0.4, -0.2) is 43.7 Å². The number of furan rings is 1. The van der Waals surface area contributed by atoms with Gasteiger partial charge < -0.3 is 19.4 Å². The van der Waals surface area contributed by atoms with Crippen molar-refractivity contribution in [2.75, 3.05) is 26.8 Å². The van der Waals surface area contributed by atoms with Crippen molar-refractivity contribution in [1.82, 2.24) is 10.2 Å². The third-order valence-corrected chi connectivity index (χ3v) is 3.62. The summed E-state index contributed by atoms with van der Waals surface area (Å²) in [6, 6.07) is 3.96. The predicted octanol–water partition coefficient (Wildman–Crippen LogP) is 1.56. The maximum atomic E-state index is 12.5. The van der Waals surface area contributed by atoms with Gasteiger partial charge in [0, 0.05) is 13.1 Å². The Hall–Kier alpha value is -1.33. The summed E-state index contributed by atoms with van der Waals surface area (Å²) in [6.07, 6.45) is 1.05. The first-order valence-electron chi connectivity index (χ1n) is 7.23. The van der Waals surface area contributed by atoms with Crippen LogP contribution in [0.2, 0.25) is 0 Å². The van der Waals surface area contributed by atoms with Crippen molar-refractivity contribution in [3.05, 3.63) is 23.7 Å². The number of aryl methyl sites for hydroxylation is 1. The van der Waals surface area contributed by atoms with E-state index in [1.165, 1.54) is 0 Å². The summed E-state index contributed by atoms with van der Waals surface area (Å²) < 4.78 is 11.0. The number of amides is 1. The maximum absolute atomic E-state index is 12.5. The van der Waals surface area contributed by atoms with E-state index >= 15 is 0 Å². The van der Waals surface area contributed by atoms with Crippen LogP contribution in [-0.2, 0) is 16.1 Å². The summed E-state index contributed by atoms with van der Waals surface area (Å²) in [5.41, 5.74) is 0. The summed E-state index contributed by atoms with van der Waals surface area (Å²) in [4.78, 5) is 14.2. The van der Waals surface area contributed by atoms with Crippen molar-refractivity contribution in [1.29, 1.82) is 0 Å². The molecule has 1 N–H and O–H groups in total. The second kappa shape index (κ2) is 6.90. The summed E-state index contributed by atoms with van der Waals surface area (Å²) in [5, 5.41) is 3.39. The largest absolute Gasteiger partial charge is 0.464 e. The first-order chi connectivity index (χ1) is 9.61. The molecule has 0 spiro atoms. The lowest BCUT2D eigenvalue weighted by atomic mass is 10.0. The van der Waals surface area contributed by atoms with E-state index in [0.717, 1.165) is 24.5 Å². The van der Waals surface area contributed by atoms with Crippen LogP contribution in [0.1, 0.15) is 24.9 Å². The van der Waals surface area contributed by atoms with Gasteiger partial charge in [-0.1, -0.05) is 6.92 Å². The molecule has 1 saturated heterocycles. The number of nitrogens with zero attached hydrogens (tertiary/aromatic N) is 1. The lowest BCUT2D eigenvalue weighted by Crippen LogP contribution is -2.44. The van der Waals surface area contributed by atoms with Crippen LogP contribution < -0.4 is 5.32 Å². The fraction of sp³-hybridized carbons (Fsp3) is 0.667. The second-order valence-electron chi connectivity index (χ2n) is 5.41. The molecule has 0 saturated carbocycles. The molecular formula is C15H24N2O3. The highest BCUT2D eigenvalue weighted by Gasteiger charge is 2.35. The normalized spacial score (nSPS) is 22.1. The van der Waals surface area contributed by atoms with E-state index in [9.17, 15) is 4.79 Å². The molecule has 0 bridgehead atoms. The molecule has 2 heterocycles. The molecule has 0 aromatic carbocycles. The van der Waals surface area contributed by atoms with Gasteiger partial charge in [-0.15, -0.1) is 0 Å². The molecular weight excluding hydrogens is 256 g/mol. The monoisotopic (exact) mass is 280 g/mol. The van der Waals surface area contributed by atoms with Crippen LogP contribution in [0.5, 0.6) is 0 Å². The molecule has 1 fully saturated rings. The molecule has 1 aliphatic heterocycles. The lowest BCUT2D eigenvalue weighted by Gasteiger charge is -2.23. The van der Waals surface area contributed by atoms with Gasteiger partial charge in [0.15, 0.2) is 0 Å². The van der Waals surface area contributed by atoms with Gasteiger partial charge >= 0.3 is 0 Å². The molecule has 5 heteroatoms. The van der Waals surface area contributed by atoms with Gasteiger partial charge in [0.05, 0.1) is 25.7 Å². The highest BCUT2D eigenvalue weighted by Crippen LogP contribution is 2.18. The Labute approximate surface area is 120 Å². The molecule has 2 atom stereocenters. The fourth-order valence-corrected chi connectivity index (χ4v) is 2.49. The highest BCUT2D eigenvalue weighted by molar-refractivity contribution is 5.79. The average Bonchev–Trinajstić information content (AvgIpc) is 3.04. The smallest absolute Gasteiger partial charge is 0.229 e. The van der Waals surface area contributed by atoms with Crippen molar-refractivity contribution in [2.45, 2.75) is 32.9 Å². The van der Waals surface area contributed by atoms with Crippen molar-refractivity contribution in [3.8, 4) is 0 Å². The zero-order valence-corrected chi connectivity index (χ0v) is 12.5. The molecule has 1 aliphatic rings. The van der Waals surface area contributed by atoms with Crippen molar-refractivity contribution < 1.29 is 13.9 Å². The van der Waals surface area contributed by atoms with Crippen LogP contribution in [0.3, 0.4) is 0 Å². The van der Waals surface area contributed by atoms with Crippen LogP contribution in [0, 0.1) is 12.8 Å². The predicted molar refractivity (Wildman–Crippen MR) is 76.3 cm³/mol. The average molecular weight is 280 g/mol. The number of hydrogen-bond donors (Lipinski definition) is 1. The topological polar surface area (TPSA) is 54.7 Å². The van der Waals surface area contributed by atoms with Crippen LogP contribution in [0.25, 0.3) is 0 Å². The zero-order valence-electron chi connectivity index (χ0n) is 12.5. The molecule has 2 rings (SSSR count). The minimum Gasteiger partial charge on any atom is -0.464 e. The molecule has 112 valence electrons. The summed E-state index contributed by atoms with van der Waals surface area (Å²) in [6.45, 7) is 6.56. The number of nitrogens with one attached hydrogen (secondary N) is 1. The van der Waals surface area contributed by atoms with E-state index in [1.54, 1.807) is 4.90 Å². The van der Waals surface area contributed by atoms with E-state index in [4.69, 9.17) is 9.15 Å². The minimum absolute atomic E-state index is 0.0948. The number of hydrogen-bond acceptors (Lipinski definition) is 4.